The molecule has 94 valence electrons. The number of hydrogen-bond acceptors (Lipinski definition) is 5. The molecule has 1 aromatic rings. The van der Waals surface area contributed by atoms with E-state index >= 15 is 0 Å². The highest BCUT2D eigenvalue weighted by Crippen LogP contribution is 2.26. The number of carbonyl (C=O) groups excluding carboxylic acids is 1. The number of esters is 1. The second-order valence-electron chi connectivity index (χ2n) is 3.42. The van der Waals surface area contributed by atoms with E-state index in [4.69, 9.17) is 17.0 Å². The normalized spacial score (nSPS) is 10.2. The zero-order valence-corrected chi connectivity index (χ0v) is 11.3. The molecule has 6 heteroatoms. The van der Waals surface area contributed by atoms with E-state index in [0.29, 0.717) is 15.4 Å². The molecule has 1 N–H and O–H groups in total. The third-order valence-electron chi connectivity index (χ3n) is 2.13. The Morgan fingerprint density at radius 2 is 2.41 bits per heavy atom. The van der Waals surface area contributed by atoms with Crippen LogP contribution in [0.5, 0.6) is 5.88 Å². The molecular formula is C11H15NO3S2. The minimum Gasteiger partial charge on any atom is -0.493 e. The number of aromatic hydroxyl groups is 1. The van der Waals surface area contributed by atoms with Crippen LogP contribution in [0.2, 0.25) is 0 Å². The summed E-state index contributed by atoms with van der Waals surface area (Å²) in [7, 11) is 0. The van der Waals surface area contributed by atoms with Crippen LogP contribution in [0.4, 0.5) is 0 Å². The summed E-state index contributed by atoms with van der Waals surface area (Å²) < 4.78 is 6.79. The summed E-state index contributed by atoms with van der Waals surface area (Å²) in [5.74, 6) is -0.416. The molecule has 0 fully saturated rings. The Morgan fingerprint density at radius 3 is 2.94 bits per heavy atom. The molecule has 0 aromatic carbocycles. The number of unbranched alkanes of at least 4 members (excludes halogenated alkanes) is 1. The van der Waals surface area contributed by atoms with E-state index in [-0.39, 0.29) is 12.4 Å². The lowest BCUT2D eigenvalue weighted by Gasteiger charge is -2.05. The van der Waals surface area contributed by atoms with Gasteiger partial charge in [-0.15, -0.1) is 11.3 Å². The lowest BCUT2D eigenvalue weighted by atomic mass is 10.4. The van der Waals surface area contributed by atoms with E-state index in [0.717, 1.165) is 12.8 Å². The molecule has 0 bridgehead atoms. The van der Waals surface area contributed by atoms with Crippen molar-refractivity contribution in [2.24, 2.45) is 0 Å². The van der Waals surface area contributed by atoms with Gasteiger partial charge < -0.3 is 9.84 Å². The molecule has 0 unspecified atom stereocenters. The molecule has 0 aliphatic rings. The minimum atomic E-state index is -0.390. The van der Waals surface area contributed by atoms with Crippen molar-refractivity contribution in [3.05, 3.63) is 15.4 Å². The van der Waals surface area contributed by atoms with E-state index in [1.165, 1.54) is 22.0 Å². The maximum absolute atomic E-state index is 11.5. The molecule has 1 aromatic heterocycles. The maximum atomic E-state index is 11.5. The molecule has 4 nitrogen and oxygen atoms in total. The highest BCUT2D eigenvalue weighted by molar-refractivity contribution is 7.73. The molecule has 1 rings (SSSR count). The zero-order chi connectivity index (χ0) is 12.8. The van der Waals surface area contributed by atoms with Gasteiger partial charge >= 0.3 is 5.97 Å². The Labute approximate surface area is 109 Å². The average molecular weight is 273 g/mol. The van der Waals surface area contributed by atoms with Gasteiger partial charge in [-0.25, -0.2) is 0 Å². The van der Waals surface area contributed by atoms with E-state index < -0.39 is 5.97 Å². The fourth-order valence-corrected chi connectivity index (χ4v) is 2.35. The quantitative estimate of drug-likeness (QED) is 0.492. The van der Waals surface area contributed by atoms with Crippen LogP contribution in [0, 0.1) is 3.95 Å². The molecule has 0 saturated carbocycles. The molecule has 0 amide bonds. The van der Waals surface area contributed by atoms with Gasteiger partial charge in [-0.05, 0) is 24.7 Å². The van der Waals surface area contributed by atoms with E-state index in [1.807, 2.05) is 6.92 Å². The van der Waals surface area contributed by atoms with Gasteiger partial charge in [0, 0.05) is 0 Å². The van der Waals surface area contributed by atoms with Gasteiger partial charge in [0.15, 0.2) is 3.95 Å². The number of nitrogens with zero attached hydrogens (tertiary/aromatic N) is 1. The Kier molecular flexibility index (Phi) is 5.37. The lowest BCUT2D eigenvalue weighted by Crippen LogP contribution is -2.13. The number of carbonyl (C=O) groups is 1. The molecule has 1 heterocycles. The van der Waals surface area contributed by atoms with Gasteiger partial charge in [-0.1, -0.05) is 19.9 Å². The summed E-state index contributed by atoms with van der Waals surface area (Å²) in [5.41, 5.74) is 0. The Balaban J connectivity index is 2.68. The number of hydrogen-bond donors (Lipinski definition) is 1. The predicted octanol–water partition coefficient (Wildman–Crippen LogP) is 2.97. The van der Waals surface area contributed by atoms with Crippen LogP contribution in [-0.4, -0.2) is 22.2 Å². The minimum absolute atomic E-state index is 0.0255. The van der Waals surface area contributed by atoms with E-state index in [9.17, 15) is 9.90 Å². The first-order valence-electron chi connectivity index (χ1n) is 5.30. The SMILES string of the molecule is C=Cc1sc(=S)n(CC(=O)OCCCC)c1O. The van der Waals surface area contributed by atoms with E-state index in [2.05, 4.69) is 6.58 Å². The van der Waals surface area contributed by atoms with Gasteiger partial charge in [-0.2, -0.15) is 0 Å². The van der Waals surface area contributed by atoms with Crippen molar-refractivity contribution >= 4 is 35.6 Å². The lowest BCUT2D eigenvalue weighted by molar-refractivity contribution is -0.144. The highest BCUT2D eigenvalue weighted by atomic mass is 32.1. The molecule has 0 radical (unpaired) electrons. The van der Waals surface area contributed by atoms with Crippen molar-refractivity contribution in [2.75, 3.05) is 6.61 Å². The summed E-state index contributed by atoms with van der Waals surface area (Å²) in [4.78, 5) is 12.0. The summed E-state index contributed by atoms with van der Waals surface area (Å²) >= 11 is 6.26. The first kappa shape index (κ1) is 13.9. The third kappa shape index (κ3) is 3.67. The molecule has 0 spiro atoms. The van der Waals surface area contributed by atoms with Gasteiger partial charge in [0.05, 0.1) is 11.5 Å². The largest absolute Gasteiger partial charge is 0.493 e. The van der Waals surface area contributed by atoms with E-state index in [1.54, 1.807) is 0 Å². The number of thiazole rings is 1. The van der Waals surface area contributed by atoms with Crippen molar-refractivity contribution in [2.45, 2.75) is 26.3 Å². The monoisotopic (exact) mass is 273 g/mol. The van der Waals surface area contributed by atoms with Gasteiger partial charge in [0.25, 0.3) is 0 Å². The highest BCUT2D eigenvalue weighted by Gasteiger charge is 2.13. The van der Waals surface area contributed by atoms with Gasteiger partial charge in [0.2, 0.25) is 5.88 Å². The third-order valence-corrected chi connectivity index (χ3v) is 3.56. The first-order chi connectivity index (χ1) is 8.10. The van der Waals surface area contributed by atoms with Crippen molar-refractivity contribution in [1.29, 1.82) is 0 Å². The van der Waals surface area contributed by atoms with Crippen molar-refractivity contribution in [1.82, 2.24) is 4.57 Å². The van der Waals surface area contributed by atoms with Crippen LogP contribution in [0.1, 0.15) is 24.6 Å². The fraction of sp³-hybridized carbons (Fsp3) is 0.455. The topological polar surface area (TPSA) is 51.5 Å². The fourth-order valence-electron chi connectivity index (χ4n) is 1.19. The van der Waals surface area contributed by atoms with Crippen LogP contribution in [0.15, 0.2) is 6.58 Å². The predicted molar refractivity (Wildman–Crippen MR) is 70.8 cm³/mol. The summed E-state index contributed by atoms with van der Waals surface area (Å²) in [6.45, 7) is 5.93. The van der Waals surface area contributed by atoms with Crippen LogP contribution >= 0.6 is 23.6 Å². The standard InChI is InChI=1S/C11H15NO3S2/c1-3-5-6-15-9(13)7-12-10(14)8(4-2)17-11(12)16/h4,14H,2-3,5-7H2,1H3. The summed E-state index contributed by atoms with van der Waals surface area (Å²) in [5, 5.41) is 9.76. The van der Waals surface area contributed by atoms with Gasteiger partial charge in [0.1, 0.15) is 6.54 Å². The van der Waals surface area contributed by atoms with Crippen LogP contribution in [0.3, 0.4) is 0 Å². The summed E-state index contributed by atoms with van der Waals surface area (Å²) in [6, 6.07) is 0. The number of rotatable bonds is 6. The second-order valence-corrected chi connectivity index (χ2v) is 5.10. The van der Waals surface area contributed by atoms with Crippen molar-refractivity contribution in [3.63, 3.8) is 0 Å². The number of ether oxygens (including phenoxy) is 1. The molecule has 0 aliphatic heterocycles. The van der Waals surface area contributed by atoms with Crippen molar-refractivity contribution in [3.8, 4) is 5.88 Å². The number of aromatic nitrogens is 1. The first-order valence-corrected chi connectivity index (χ1v) is 6.53. The second kappa shape index (κ2) is 6.56. The van der Waals surface area contributed by atoms with Gasteiger partial charge in [-0.3, -0.25) is 9.36 Å². The molecular weight excluding hydrogens is 258 g/mol. The Morgan fingerprint density at radius 1 is 1.71 bits per heavy atom. The Bertz CT molecular complexity index is 462. The summed E-state index contributed by atoms with van der Waals surface area (Å²) in [6.07, 6.45) is 3.32. The average Bonchev–Trinajstić information content (AvgIpc) is 2.57. The van der Waals surface area contributed by atoms with Crippen LogP contribution in [-0.2, 0) is 16.1 Å². The van der Waals surface area contributed by atoms with Crippen LogP contribution in [0.25, 0.3) is 6.08 Å². The van der Waals surface area contributed by atoms with Crippen molar-refractivity contribution < 1.29 is 14.6 Å². The smallest absolute Gasteiger partial charge is 0.326 e. The zero-order valence-electron chi connectivity index (χ0n) is 9.64. The maximum Gasteiger partial charge on any atom is 0.326 e. The van der Waals surface area contributed by atoms with Crippen LogP contribution < -0.4 is 0 Å². The Hall–Kier alpha value is -1.14. The molecule has 0 atom stereocenters. The molecule has 0 aliphatic carbocycles. The molecule has 0 saturated heterocycles. The molecule has 17 heavy (non-hydrogen) atoms.